The lowest BCUT2D eigenvalue weighted by Crippen LogP contribution is -2.25. The first kappa shape index (κ1) is 16.7. The highest BCUT2D eigenvalue weighted by molar-refractivity contribution is 9.11. The van der Waals surface area contributed by atoms with Gasteiger partial charge < -0.3 is 10.6 Å². The van der Waals surface area contributed by atoms with Gasteiger partial charge in [-0.25, -0.2) is 0 Å². The fourth-order valence-electron chi connectivity index (χ4n) is 1.42. The number of halogens is 2. The molecule has 106 valence electrons. The molecule has 4 nitrogen and oxygen atoms in total. The van der Waals surface area contributed by atoms with Gasteiger partial charge in [-0.05, 0) is 44.0 Å². The number of nitrogens with one attached hydrogen (secondary N) is 2. The van der Waals surface area contributed by atoms with Crippen LogP contribution in [0.3, 0.4) is 0 Å². The number of carbonyl (C=O) groups excluding carboxylic acids is 2. The second-order valence-corrected chi connectivity index (χ2v) is 5.52. The molecule has 2 N–H and O–H groups in total. The van der Waals surface area contributed by atoms with Crippen LogP contribution in [0.15, 0.2) is 46.4 Å². The molecule has 0 saturated carbocycles. The third-order valence-corrected chi connectivity index (χ3v) is 3.67. The molecule has 0 aromatic heterocycles. The zero-order valence-corrected chi connectivity index (χ0v) is 13.9. The molecule has 20 heavy (non-hydrogen) atoms. The SMILES string of the molecule is C=CCNC(=O)c1cc(Br)c(C(=O)NCC=C)cc1Br. The monoisotopic (exact) mass is 400 g/mol. The molecule has 0 fully saturated rings. The lowest BCUT2D eigenvalue weighted by atomic mass is 10.1. The van der Waals surface area contributed by atoms with Crippen molar-refractivity contribution in [1.29, 1.82) is 0 Å². The van der Waals surface area contributed by atoms with Crippen LogP contribution in [-0.4, -0.2) is 24.9 Å². The van der Waals surface area contributed by atoms with E-state index in [1.165, 1.54) is 0 Å². The summed E-state index contributed by atoms with van der Waals surface area (Å²) < 4.78 is 1.09. The zero-order chi connectivity index (χ0) is 15.1. The molecule has 0 atom stereocenters. The molecule has 0 saturated heterocycles. The predicted octanol–water partition coefficient (Wildman–Crippen LogP) is 3.04. The van der Waals surface area contributed by atoms with Crippen LogP contribution in [0.4, 0.5) is 0 Å². The van der Waals surface area contributed by atoms with Crippen LogP contribution in [0, 0.1) is 0 Å². The summed E-state index contributed by atoms with van der Waals surface area (Å²) in [4.78, 5) is 23.8. The number of benzene rings is 1. The summed E-state index contributed by atoms with van der Waals surface area (Å²) >= 11 is 6.61. The van der Waals surface area contributed by atoms with E-state index in [1.807, 2.05) is 0 Å². The summed E-state index contributed by atoms with van der Waals surface area (Å²) in [6, 6.07) is 3.21. The molecule has 1 rings (SSSR count). The van der Waals surface area contributed by atoms with E-state index in [9.17, 15) is 9.59 Å². The summed E-state index contributed by atoms with van der Waals surface area (Å²) in [5.41, 5.74) is 0.887. The lowest BCUT2D eigenvalue weighted by molar-refractivity contribution is 0.0945. The predicted molar refractivity (Wildman–Crippen MR) is 86.9 cm³/mol. The molecule has 0 spiro atoms. The minimum atomic E-state index is -0.240. The summed E-state index contributed by atoms with van der Waals surface area (Å²) in [5, 5.41) is 5.36. The highest BCUT2D eigenvalue weighted by atomic mass is 79.9. The van der Waals surface area contributed by atoms with Crippen LogP contribution in [-0.2, 0) is 0 Å². The maximum Gasteiger partial charge on any atom is 0.252 e. The number of hydrogen-bond acceptors (Lipinski definition) is 2. The Balaban J connectivity index is 3.02. The van der Waals surface area contributed by atoms with Gasteiger partial charge in [0.1, 0.15) is 0 Å². The fraction of sp³-hybridized carbons (Fsp3) is 0.143. The van der Waals surface area contributed by atoms with Crippen molar-refractivity contribution in [1.82, 2.24) is 10.6 Å². The molecule has 0 aliphatic carbocycles. The quantitative estimate of drug-likeness (QED) is 0.719. The van der Waals surface area contributed by atoms with Crippen LogP contribution < -0.4 is 10.6 Å². The molecular weight excluding hydrogens is 388 g/mol. The number of amides is 2. The summed E-state index contributed by atoms with van der Waals surface area (Å²) in [6.07, 6.45) is 3.19. The minimum absolute atomic E-state index is 0.240. The highest BCUT2D eigenvalue weighted by Gasteiger charge is 2.16. The lowest BCUT2D eigenvalue weighted by Gasteiger charge is -2.10. The van der Waals surface area contributed by atoms with Crippen molar-refractivity contribution in [2.24, 2.45) is 0 Å². The summed E-state index contributed by atoms with van der Waals surface area (Å²) in [5.74, 6) is -0.481. The van der Waals surface area contributed by atoms with Crippen molar-refractivity contribution in [2.45, 2.75) is 0 Å². The Labute approximate surface area is 134 Å². The molecule has 0 aliphatic heterocycles. The van der Waals surface area contributed by atoms with E-state index >= 15 is 0 Å². The van der Waals surface area contributed by atoms with Crippen LogP contribution in [0.5, 0.6) is 0 Å². The Bertz CT molecular complexity index is 507. The van der Waals surface area contributed by atoms with E-state index in [-0.39, 0.29) is 11.8 Å². The smallest absolute Gasteiger partial charge is 0.252 e. The number of hydrogen-bond donors (Lipinski definition) is 2. The molecule has 1 aromatic carbocycles. The van der Waals surface area contributed by atoms with E-state index < -0.39 is 0 Å². The first-order chi connectivity index (χ1) is 9.51. The second kappa shape index (κ2) is 8.01. The molecule has 0 unspecified atom stereocenters. The zero-order valence-electron chi connectivity index (χ0n) is 10.7. The van der Waals surface area contributed by atoms with E-state index in [0.717, 1.165) is 0 Å². The molecule has 6 heteroatoms. The van der Waals surface area contributed by atoms with Crippen molar-refractivity contribution >= 4 is 43.7 Å². The van der Waals surface area contributed by atoms with Gasteiger partial charge in [0.15, 0.2) is 0 Å². The topological polar surface area (TPSA) is 58.2 Å². The van der Waals surface area contributed by atoms with Crippen LogP contribution in [0.2, 0.25) is 0 Å². The maximum absolute atomic E-state index is 11.9. The molecule has 0 radical (unpaired) electrons. The maximum atomic E-state index is 11.9. The Hall–Kier alpha value is -1.40. The first-order valence-corrected chi connectivity index (χ1v) is 7.37. The highest BCUT2D eigenvalue weighted by Crippen LogP contribution is 2.26. The van der Waals surface area contributed by atoms with E-state index in [2.05, 4.69) is 55.7 Å². The largest absolute Gasteiger partial charge is 0.349 e. The van der Waals surface area contributed by atoms with Gasteiger partial charge in [-0.3, -0.25) is 9.59 Å². The molecule has 1 aromatic rings. The summed E-state index contributed by atoms with van der Waals surface area (Å²) in [6.45, 7) is 7.83. The van der Waals surface area contributed by atoms with Gasteiger partial charge in [0.2, 0.25) is 0 Å². The van der Waals surface area contributed by atoms with Crippen molar-refractivity contribution in [3.8, 4) is 0 Å². The van der Waals surface area contributed by atoms with Gasteiger partial charge in [0.05, 0.1) is 11.1 Å². The van der Waals surface area contributed by atoms with Gasteiger partial charge >= 0.3 is 0 Å². The molecule has 0 bridgehead atoms. The number of rotatable bonds is 6. The normalized spacial score (nSPS) is 9.70. The van der Waals surface area contributed by atoms with E-state index in [0.29, 0.717) is 33.2 Å². The van der Waals surface area contributed by atoms with Gasteiger partial charge in [0, 0.05) is 22.0 Å². The molecule has 2 amide bonds. The van der Waals surface area contributed by atoms with E-state index in [1.54, 1.807) is 24.3 Å². The molecular formula is C14H14Br2N2O2. The van der Waals surface area contributed by atoms with Crippen molar-refractivity contribution < 1.29 is 9.59 Å². The Morgan fingerprint density at radius 3 is 1.60 bits per heavy atom. The third-order valence-electron chi connectivity index (χ3n) is 2.36. The molecule has 0 heterocycles. The third kappa shape index (κ3) is 4.31. The van der Waals surface area contributed by atoms with Crippen molar-refractivity contribution in [3.05, 3.63) is 57.5 Å². The average molecular weight is 402 g/mol. The summed E-state index contributed by atoms with van der Waals surface area (Å²) in [7, 11) is 0. The Morgan fingerprint density at radius 1 is 0.950 bits per heavy atom. The van der Waals surface area contributed by atoms with Gasteiger partial charge in [0.25, 0.3) is 11.8 Å². The van der Waals surface area contributed by atoms with Crippen LogP contribution >= 0.6 is 31.9 Å². The van der Waals surface area contributed by atoms with E-state index in [4.69, 9.17) is 0 Å². The van der Waals surface area contributed by atoms with Gasteiger partial charge in [-0.2, -0.15) is 0 Å². The average Bonchev–Trinajstić information content (AvgIpc) is 2.44. The molecule has 0 aliphatic rings. The minimum Gasteiger partial charge on any atom is -0.349 e. The van der Waals surface area contributed by atoms with Crippen LogP contribution in [0.25, 0.3) is 0 Å². The van der Waals surface area contributed by atoms with Crippen molar-refractivity contribution in [3.63, 3.8) is 0 Å². The number of carbonyl (C=O) groups is 2. The Morgan fingerprint density at radius 2 is 1.30 bits per heavy atom. The standard InChI is InChI=1S/C14H14Br2N2O2/c1-3-5-17-13(19)9-7-12(16)10(8-11(9)15)14(20)18-6-4-2/h3-4,7-8H,1-2,5-6H2,(H,17,19)(H,18,20). The van der Waals surface area contributed by atoms with Crippen LogP contribution in [0.1, 0.15) is 20.7 Å². The Kier molecular flexibility index (Phi) is 6.67. The van der Waals surface area contributed by atoms with Crippen molar-refractivity contribution in [2.75, 3.05) is 13.1 Å². The van der Waals surface area contributed by atoms with Gasteiger partial charge in [-0.1, -0.05) is 12.2 Å². The first-order valence-electron chi connectivity index (χ1n) is 5.78. The second-order valence-electron chi connectivity index (χ2n) is 3.81. The fourth-order valence-corrected chi connectivity index (χ4v) is 2.46. The van der Waals surface area contributed by atoms with Gasteiger partial charge in [-0.15, -0.1) is 13.2 Å².